The zero-order chi connectivity index (χ0) is 9.14. The van der Waals surface area contributed by atoms with E-state index in [4.69, 9.17) is 0 Å². The van der Waals surface area contributed by atoms with Gasteiger partial charge in [0.15, 0.2) is 0 Å². The normalized spacial score (nSPS) is 13.4. The summed E-state index contributed by atoms with van der Waals surface area (Å²) in [5.41, 5.74) is 2.54. The topological polar surface area (TPSA) is 3.24 Å². The molecule has 0 bridgehead atoms. The van der Waals surface area contributed by atoms with Crippen LogP contribution in [0.4, 0.5) is 0 Å². The first-order valence-corrected chi connectivity index (χ1v) is 4.54. The molecule has 0 amide bonds. The third kappa shape index (κ3) is 2.26. The summed E-state index contributed by atoms with van der Waals surface area (Å²) in [6, 6.07) is 8.43. The van der Waals surface area contributed by atoms with Gasteiger partial charge in [-0.15, -0.1) is 0 Å². The molecule has 12 heavy (non-hydrogen) atoms. The van der Waals surface area contributed by atoms with E-state index in [2.05, 4.69) is 48.7 Å². The Balaban J connectivity index is 2.88. The van der Waals surface area contributed by atoms with Gasteiger partial charge in [0.25, 0.3) is 0 Å². The summed E-state index contributed by atoms with van der Waals surface area (Å²) in [5, 5.41) is 0.199. The van der Waals surface area contributed by atoms with Crippen LogP contribution in [0.25, 0.3) is 0 Å². The number of hydrogen-bond donors (Lipinski definition) is 1. The molecule has 0 aliphatic heterocycles. The van der Waals surface area contributed by atoms with E-state index < -0.39 is 0 Å². The fraction of sp³-hybridized carbons (Fsp3) is 0.400. The minimum atomic E-state index is 0.199. The Hall–Kier alpha value is -0.470. The molecule has 1 nitrogen and oxygen atoms in total. The van der Waals surface area contributed by atoms with E-state index in [1.807, 2.05) is 14.1 Å². The lowest BCUT2D eigenvalue weighted by molar-refractivity contribution is 0.393. The number of benzene rings is 1. The Bertz CT molecular complexity index is 258. The summed E-state index contributed by atoms with van der Waals surface area (Å²) in [4.78, 5) is 2.08. The van der Waals surface area contributed by atoms with E-state index in [-0.39, 0.29) is 5.37 Å². The Labute approximate surface area is 79.8 Å². The molecule has 66 valence electrons. The zero-order valence-electron chi connectivity index (χ0n) is 7.78. The molecule has 0 saturated heterocycles. The minimum absolute atomic E-state index is 0.199. The van der Waals surface area contributed by atoms with Crippen molar-refractivity contribution >= 4 is 12.6 Å². The van der Waals surface area contributed by atoms with E-state index in [1.165, 1.54) is 11.1 Å². The predicted octanol–water partition coefficient (Wildman–Crippen LogP) is 2.49. The van der Waals surface area contributed by atoms with Crippen molar-refractivity contribution in [1.82, 2.24) is 4.90 Å². The molecule has 0 saturated carbocycles. The molecule has 0 aliphatic carbocycles. The molecule has 0 N–H and O–H groups in total. The Morgan fingerprint density at radius 1 is 1.33 bits per heavy atom. The summed E-state index contributed by atoms with van der Waals surface area (Å²) in [6.07, 6.45) is 0. The lowest BCUT2D eigenvalue weighted by Crippen LogP contribution is -2.14. The number of rotatable bonds is 2. The van der Waals surface area contributed by atoms with Crippen LogP contribution in [-0.2, 0) is 0 Å². The van der Waals surface area contributed by atoms with Crippen LogP contribution in [0.2, 0.25) is 0 Å². The van der Waals surface area contributed by atoms with Crippen molar-refractivity contribution in [1.29, 1.82) is 0 Å². The molecule has 1 atom stereocenters. The predicted molar refractivity (Wildman–Crippen MR) is 56.6 cm³/mol. The van der Waals surface area contributed by atoms with Crippen molar-refractivity contribution in [3.63, 3.8) is 0 Å². The second-order valence-electron chi connectivity index (χ2n) is 3.25. The van der Waals surface area contributed by atoms with Gasteiger partial charge in [-0.25, -0.2) is 0 Å². The number of thiol groups is 1. The van der Waals surface area contributed by atoms with E-state index in [1.54, 1.807) is 0 Å². The van der Waals surface area contributed by atoms with E-state index in [0.717, 1.165) is 0 Å². The summed E-state index contributed by atoms with van der Waals surface area (Å²) < 4.78 is 0. The molecular formula is C10H15NS. The second kappa shape index (κ2) is 3.97. The van der Waals surface area contributed by atoms with Gasteiger partial charge in [-0.2, -0.15) is 12.6 Å². The molecule has 1 rings (SSSR count). The van der Waals surface area contributed by atoms with Crippen molar-refractivity contribution in [2.45, 2.75) is 12.3 Å². The van der Waals surface area contributed by atoms with Gasteiger partial charge in [0.1, 0.15) is 0 Å². The van der Waals surface area contributed by atoms with Crippen LogP contribution in [-0.4, -0.2) is 19.0 Å². The van der Waals surface area contributed by atoms with Gasteiger partial charge in [-0.05, 0) is 26.6 Å². The van der Waals surface area contributed by atoms with E-state index in [9.17, 15) is 0 Å². The first kappa shape index (κ1) is 9.62. The second-order valence-corrected chi connectivity index (χ2v) is 3.74. The molecule has 2 heteroatoms. The van der Waals surface area contributed by atoms with E-state index >= 15 is 0 Å². The number of aryl methyl sites for hydroxylation is 1. The van der Waals surface area contributed by atoms with Crippen molar-refractivity contribution in [3.8, 4) is 0 Å². The first-order chi connectivity index (χ1) is 5.61. The highest BCUT2D eigenvalue weighted by molar-refractivity contribution is 7.80. The smallest absolute Gasteiger partial charge is 0.0779 e. The van der Waals surface area contributed by atoms with Crippen LogP contribution in [0.3, 0.4) is 0 Å². The molecular weight excluding hydrogens is 166 g/mol. The average molecular weight is 181 g/mol. The highest BCUT2D eigenvalue weighted by Crippen LogP contribution is 2.21. The molecule has 0 radical (unpaired) electrons. The molecule has 0 fully saturated rings. The minimum Gasteiger partial charge on any atom is -0.294 e. The lowest BCUT2D eigenvalue weighted by Gasteiger charge is -2.19. The van der Waals surface area contributed by atoms with Gasteiger partial charge in [-0.1, -0.05) is 29.8 Å². The average Bonchev–Trinajstić information content (AvgIpc) is 2.03. The van der Waals surface area contributed by atoms with Gasteiger partial charge in [0.2, 0.25) is 0 Å². The standard InChI is InChI=1S/C10H15NS/c1-8-5-4-6-9(7-8)10(12)11(2)3/h4-7,10,12H,1-3H3. The SMILES string of the molecule is Cc1cccc(C(S)N(C)C)c1. The van der Waals surface area contributed by atoms with Gasteiger partial charge >= 0.3 is 0 Å². The molecule has 0 spiro atoms. The van der Waals surface area contributed by atoms with E-state index in [0.29, 0.717) is 0 Å². The van der Waals surface area contributed by atoms with Gasteiger partial charge in [0, 0.05) is 0 Å². The van der Waals surface area contributed by atoms with Crippen LogP contribution in [0, 0.1) is 6.92 Å². The van der Waals surface area contributed by atoms with Crippen LogP contribution in [0.5, 0.6) is 0 Å². The van der Waals surface area contributed by atoms with Crippen LogP contribution < -0.4 is 0 Å². The van der Waals surface area contributed by atoms with Crippen LogP contribution in [0.15, 0.2) is 24.3 Å². The fourth-order valence-electron chi connectivity index (χ4n) is 1.13. The number of nitrogens with zero attached hydrogens (tertiary/aromatic N) is 1. The van der Waals surface area contributed by atoms with Gasteiger partial charge in [0.05, 0.1) is 5.37 Å². The summed E-state index contributed by atoms with van der Waals surface area (Å²) in [6.45, 7) is 2.10. The maximum Gasteiger partial charge on any atom is 0.0779 e. The molecule has 0 aromatic heterocycles. The van der Waals surface area contributed by atoms with Crippen molar-refractivity contribution in [3.05, 3.63) is 35.4 Å². The third-order valence-corrected chi connectivity index (χ3v) is 2.59. The first-order valence-electron chi connectivity index (χ1n) is 4.02. The molecule has 0 aliphatic rings. The molecule has 1 unspecified atom stereocenters. The van der Waals surface area contributed by atoms with Crippen molar-refractivity contribution < 1.29 is 0 Å². The highest BCUT2D eigenvalue weighted by Gasteiger charge is 2.07. The summed E-state index contributed by atoms with van der Waals surface area (Å²) >= 11 is 4.49. The monoisotopic (exact) mass is 181 g/mol. The fourth-order valence-corrected chi connectivity index (χ4v) is 1.29. The third-order valence-electron chi connectivity index (χ3n) is 1.83. The maximum absolute atomic E-state index is 4.49. The summed E-state index contributed by atoms with van der Waals surface area (Å²) in [5.74, 6) is 0. The highest BCUT2D eigenvalue weighted by atomic mass is 32.1. The lowest BCUT2D eigenvalue weighted by atomic mass is 10.1. The molecule has 1 aromatic rings. The summed E-state index contributed by atoms with van der Waals surface area (Å²) in [7, 11) is 4.06. The number of hydrogen-bond acceptors (Lipinski definition) is 2. The molecule has 1 aromatic carbocycles. The van der Waals surface area contributed by atoms with Gasteiger partial charge < -0.3 is 0 Å². The Morgan fingerprint density at radius 2 is 2.00 bits per heavy atom. The Kier molecular flexibility index (Phi) is 3.18. The van der Waals surface area contributed by atoms with Crippen LogP contribution >= 0.6 is 12.6 Å². The zero-order valence-corrected chi connectivity index (χ0v) is 8.68. The molecule has 0 heterocycles. The maximum atomic E-state index is 4.49. The van der Waals surface area contributed by atoms with Crippen molar-refractivity contribution in [2.75, 3.05) is 14.1 Å². The largest absolute Gasteiger partial charge is 0.294 e. The van der Waals surface area contributed by atoms with Gasteiger partial charge in [-0.3, -0.25) is 4.90 Å². The quantitative estimate of drug-likeness (QED) is 0.542. The Morgan fingerprint density at radius 3 is 2.50 bits per heavy atom. The van der Waals surface area contributed by atoms with Crippen LogP contribution in [0.1, 0.15) is 16.5 Å². The van der Waals surface area contributed by atoms with Crippen molar-refractivity contribution in [2.24, 2.45) is 0 Å².